The minimum absolute atomic E-state index is 0.118. The molecule has 3 rings (SSSR count). The number of aryl methyl sites for hydroxylation is 1. The number of aromatic nitrogens is 2. The van der Waals surface area contributed by atoms with Gasteiger partial charge in [-0.3, -0.25) is 4.68 Å². The first kappa shape index (κ1) is 11.2. The van der Waals surface area contributed by atoms with Crippen LogP contribution in [0.5, 0.6) is 0 Å². The van der Waals surface area contributed by atoms with Crippen molar-refractivity contribution < 1.29 is 4.74 Å². The predicted molar refractivity (Wildman–Crippen MR) is 70.0 cm³/mol. The van der Waals surface area contributed by atoms with E-state index in [0.717, 1.165) is 35.2 Å². The zero-order valence-electron chi connectivity index (χ0n) is 9.61. The van der Waals surface area contributed by atoms with Gasteiger partial charge in [0.05, 0.1) is 18.2 Å². The summed E-state index contributed by atoms with van der Waals surface area (Å²) < 4.78 is 8.59. The van der Waals surface area contributed by atoms with Gasteiger partial charge in [-0.2, -0.15) is 5.10 Å². The van der Waals surface area contributed by atoms with Crippen LogP contribution in [0.3, 0.4) is 0 Å². The first-order chi connectivity index (χ1) is 8.27. The molecule has 0 bridgehead atoms. The molecule has 1 aromatic carbocycles. The average molecular weight is 296 g/mol. The molecule has 1 N–H and O–H groups in total. The summed E-state index contributed by atoms with van der Waals surface area (Å²) in [6.45, 7) is 2.56. The Labute approximate surface area is 108 Å². The lowest BCUT2D eigenvalue weighted by Crippen LogP contribution is -2.33. The number of rotatable bonds is 1. The van der Waals surface area contributed by atoms with E-state index in [9.17, 15) is 0 Å². The van der Waals surface area contributed by atoms with Crippen LogP contribution in [0.1, 0.15) is 11.7 Å². The normalized spacial score (nSPS) is 20.9. The highest BCUT2D eigenvalue weighted by molar-refractivity contribution is 9.10. The van der Waals surface area contributed by atoms with Crippen LogP contribution >= 0.6 is 15.9 Å². The summed E-state index contributed by atoms with van der Waals surface area (Å²) in [7, 11) is 1.96. The van der Waals surface area contributed by atoms with Crippen LogP contribution in [0, 0.1) is 0 Å². The second kappa shape index (κ2) is 4.40. The fourth-order valence-corrected chi connectivity index (χ4v) is 2.99. The van der Waals surface area contributed by atoms with Crippen molar-refractivity contribution in [2.45, 2.75) is 6.10 Å². The minimum Gasteiger partial charge on any atom is -0.371 e. The van der Waals surface area contributed by atoms with E-state index in [1.54, 1.807) is 0 Å². The molecule has 0 saturated carbocycles. The smallest absolute Gasteiger partial charge is 0.136 e. The van der Waals surface area contributed by atoms with Gasteiger partial charge >= 0.3 is 0 Å². The first-order valence-electron chi connectivity index (χ1n) is 5.71. The fraction of sp³-hybridized carbons (Fsp3) is 0.417. The highest BCUT2D eigenvalue weighted by Crippen LogP contribution is 2.32. The summed E-state index contributed by atoms with van der Waals surface area (Å²) in [4.78, 5) is 0. The summed E-state index contributed by atoms with van der Waals surface area (Å²) in [5.41, 5.74) is 2.33. The maximum absolute atomic E-state index is 5.82. The summed E-state index contributed by atoms with van der Waals surface area (Å²) in [6.07, 6.45) is 0.118. The Balaban J connectivity index is 2.15. The molecule has 1 aliphatic heterocycles. The van der Waals surface area contributed by atoms with Crippen LogP contribution < -0.4 is 5.32 Å². The monoisotopic (exact) mass is 295 g/mol. The molecule has 90 valence electrons. The number of hydrogen-bond donors (Lipinski definition) is 1. The van der Waals surface area contributed by atoms with Gasteiger partial charge in [-0.15, -0.1) is 0 Å². The molecule has 0 radical (unpaired) electrons. The molecule has 1 unspecified atom stereocenters. The number of ether oxygens (including phenoxy) is 1. The summed E-state index contributed by atoms with van der Waals surface area (Å²) in [5.74, 6) is 0. The number of fused-ring (bicyclic) bond motifs is 1. The van der Waals surface area contributed by atoms with Crippen molar-refractivity contribution in [2.24, 2.45) is 7.05 Å². The van der Waals surface area contributed by atoms with Crippen molar-refractivity contribution in [3.8, 4) is 0 Å². The largest absolute Gasteiger partial charge is 0.371 e. The van der Waals surface area contributed by atoms with Crippen LogP contribution in [0.15, 0.2) is 22.8 Å². The van der Waals surface area contributed by atoms with Gasteiger partial charge < -0.3 is 10.1 Å². The minimum atomic E-state index is 0.118. The van der Waals surface area contributed by atoms with Gasteiger partial charge in [0, 0.05) is 25.5 Å². The molecule has 17 heavy (non-hydrogen) atoms. The molecule has 2 heterocycles. The SMILES string of the molecule is Cn1nc(Br)c2c(C3CNCCO3)cccc21. The Kier molecular flexibility index (Phi) is 2.90. The lowest BCUT2D eigenvalue weighted by Gasteiger charge is -2.24. The molecule has 0 aliphatic carbocycles. The number of halogens is 1. The Morgan fingerprint density at radius 3 is 3.18 bits per heavy atom. The average Bonchev–Trinajstić information content (AvgIpc) is 2.66. The zero-order chi connectivity index (χ0) is 11.8. The third-order valence-electron chi connectivity index (χ3n) is 3.14. The molecule has 1 saturated heterocycles. The number of morpholine rings is 1. The van der Waals surface area contributed by atoms with E-state index in [-0.39, 0.29) is 6.10 Å². The quantitative estimate of drug-likeness (QED) is 0.875. The van der Waals surface area contributed by atoms with Gasteiger partial charge in [0.1, 0.15) is 4.60 Å². The summed E-state index contributed by atoms with van der Waals surface area (Å²) in [6, 6.07) is 6.25. The fourth-order valence-electron chi connectivity index (χ4n) is 2.32. The van der Waals surface area contributed by atoms with E-state index in [1.807, 2.05) is 11.7 Å². The van der Waals surface area contributed by atoms with Crippen molar-refractivity contribution >= 4 is 26.8 Å². The van der Waals surface area contributed by atoms with Gasteiger partial charge in [-0.05, 0) is 27.6 Å². The zero-order valence-corrected chi connectivity index (χ0v) is 11.2. The molecule has 1 aromatic heterocycles. The second-order valence-electron chi connectivity index (χ2n) is 4.22. The Morgan fingerprint density at radius 1 is 1.53 bits per heavy atom. The molecular weight excluding hydrogens is 282 g/mol. The molecule has 4 nitrogen and oxygen atoms in total. The van der Waals surface area contributed by atoms with Crippen molar-refractivity contribution in [3.63, 3.8) is 0 Å². The van der Waals surface area contributed by atoms with Crippen LogP contribution in [-0.2, 0) is 11.8 Å². The highest BCUT2D eigenvalue weighted by atomic mass is 79.9. The van der Waals surface area contributed by atoms with Crippen LogP contribution in [0.2, 0.25) is 0 Å². The van der Waals surface area contributed by atoms with Crippen molar-refractivity contribution in [3.05, 3.63) is 28.4 Å². The van der Waals surface area contributed by atoms with Crippen LogP contribution in [0.4, 0.5) is 0 Å². The van der Waals surface area contributed by atoms with Crippen molar-refractivity contribution in [2.75, 3.05) is 19.7 Å². The van der Waals surface area contributed by atoms with Gasteiger partial charge in [-0.25, -0.2) is 0 Å². The van der Waals surface area contributed by atoms with Gasteiger partial charge in [0.2, 0.25) is 0 Å². The van der Waals surface area contributed by atoms with Crippen molar-refractivity contribution in [1.29, 1.82) is 0 Å². The highest BCUT2D eigenvalue weighted by Gasteiger charge is 2.20. The maximum Gasteiger partial charge on any atom is 0.136 e. The van der Waals surface area contributed by atoms with E-state index >= 15 is 0 Å². The maximum atomic E-state index is 5.82. The standard InChI is InChI=1S/C12H14BrN3O/c1-16-9-4-2-3-8(11(9)12(13)15-16)10-7-14-5-6-17-10/h2-4,10,14H,5-7H2,1H3. The molecule has 1 atom stereocenters. The summed E-state index contributed by atoms with van der Waals surface area (Å²) >= 11 is 3.53. The van der Waals surface area contributed by atoms with Crippen LogP contribution in [-0.4, -0.2) is 29.5 Å². The van der Waals surface area contributed by atoms with E-state index in [2.05, 4.69) is 44.5 Å². The molecule has 0 amide bonds. The number of nitrogens with one attached hydrogen (secondary N) is 1. The van der Waals surface area contributed by atoms with Crippen LogP contribution in [0.25, 0.3) is 10.9 Å². The van der Waals surface area contributed by atoms with E-state index in [1.165, 1.54) is 5.56 Å². The number of hydrogen-bond acceptors (Lipinski definition) is 3. The van der Waals surface area contributed by atoms with Gasteiger partial charge in [0.15, 0.2) is 0 Å². The molecule has 1 fully saturated rings. The molecule has 2 aromatic rings. The first-order valence-corrected chi connectivity index (χ1v) is 6.50. The second-order valence-corrected chi connectivity index (χ2v) is 4.97. The number of benzene rings is 1. The van der Waals surface area contributed by atoms with E-state index < -0.39 is 0 Å². The van der Waals surface area contributed by atoms with Gasteiger partial charge in [-0.1, -0.05) is 12.1 Å². The van der Waals surface area contributed by atoms with E-state index in [0.29, 0.717) is 0 Å². The third kappa shape index (κ3) is 1.88. The molecule has 5 heteroatoms. The van der Waals surface area contributed by atoms with Crippen molar-refractivity contribution in [1.82, 2.24) is 15.1 Å². The predicted octanol–water partition coefficient (Wildman–Crippen LogP) is 2.00. The Hall–Kier alpha value is -0.910. The topological polar surface area (TPSA) is 39.1 Å². The third-order valence-corrected chi connectivity index (χ3v) is 3.70. The Morgan fingerprint density at radius 2 is 2.41 bits per heavy atom. The number of nitrogens with zero attached hydrogens (tertiary/aromatic N) is 2. The van der Waals surface area contributed by atoms with Gasteiger partial charge in [0.25, 0.3) is 0 Å². The summed E-state index contributed by atoms with van der Waals surface area (Å²) in [5, 5.41) is 8.92. The lowest BCUT2D eigenvalue weighted by molar-refractivity contribution is 0.0286. The molecule has 1 aliphatic rings. The van der Waals surface area contributed by atoms with E-state index in [4.69, 9.17) is 4.74 Å². The molecule has 0 spiro atoms. The lowest BCUT2D eigenvalue weighted by atomic mass is 10.0. The molecular formula is C12H14BrN3O. The Bertz CT molecular complexity index is 546.